The second-order valence-electron chi connectivity index (χ2n) is 8.69. The molecule has 0 bridgehead atoms. The minimum absolute atomic E-state index is 0.0504. The van der Waals surface area contributed by atoms with Gasteiger partial charge in [-0.15, -0.1) is 0 Å². The van der Waals surface area contributed by atoms with Gasteiger partial charge in [0.25, 0.3) is 0 Å². The highest BCUT2D eigenvalue weighted by Gasteiger charge is 2.49. The highest BCUT2D eigenvalue weighted by Crippen LogP contribution is 2.42. The van der Waals surface area contributed by atoms with Gasteiger partial charge in [0.05, 0.1) is 13.7 Å². The zero-order valence-corrected chi connectivity index (χ0v) is 20.6. The number of aliphatic hydroxyl groups is 3. The summed E-state index contributed by atoms with van der Waals surface area (Å²) in [6, 6.07) is 8.47. The Labute approximate surface area is 216 Å². The lowest BCUT2D eigenvalue weighted by atomic mass is 9.99. The van der Waals surface area contributed by atoms with Crippen LogP contribution in [0.4, 0.5) is 0 Å². The van der Waals surface area contributed by atoms with E-state index in [0.717, 1.165) is 18.6 Å². The van der Waals surface area contributed by atoms with Gasteiger partial charge in [0.15, 0.2) is 22.9 Å². The summed E-state index contributed by atoms with van der Waals surface area (Å²) >= 11 is 0. The summed E-state index contributed by atoms with van der Waals surface area (Å²) in [6.45, 7) is 1.94. The van der Waals surface area contributed by atoms with Crippen molar-refractivity contribution in [3.8, 4) is 34.3 Å². The number of esters is 1. The normalized spacial score (nSPS) is 23.2. The summed E-state index contributed by atoms with van der Waals surface area (Å²) in [5.41, 5.74) is -0.599. The number of fused-ring (bicyclic) bond motifs is 1. The van der Waals surface area contributed by atoms with Gasteiger partial charge < -0.3 is 48.9 Å². The van der Waals surface area contributed by atoms with Gasteiger partial charge in [0, 0.05) is 17.7 Å². The third kappa shape index (κ3) is 5.24. The summed E-state index contributed by atoms with van der Waals surface area (Å²) < 4.78 is 27.0. The van der Waals surface area contributed by atoms with Crippen molar-refractivity contribution in [1.29, 1.82) is 0 Å². The van der Waals surface area contributed by atoms with Crippen LogP contribution in [-0.4, -0.2) is 75.9 Å². The topological polar surface area (TPSA) is 185 Å². The van der Waals surface area contributed by atoms with E-state index >= 15 is 0 Å². The average molecular weight is 532 g/mol. The number of phenolic OH excluding ortho intramolecular Hbond substituents is 2. The molecule has 12 nitrogen and oxygen atoms in total. The molecule has 5 atom stereocenters. The van der Waals surface area contributed by atoms with Gasteiger partial charge in [0.1, 0.15) is 41.0 Å². The molecule has 12 heteroatoms. The molecule has 1 aliphatic heterocycles. The second kappa shape index (κ2) is 11.3. The van der Waals surface area contributed by atoms with Crippen molar-refractivity contribution < 1.29 is 53.7 Å². The number of ether oxygens (including phenoxy) is 4. The van der Waals surface area contributed by atoms with Gasteiger partial charge in [-0.05, 0) is 30.7 Å². The Morgan fingerprint density at radius 1 is 1.00 bits per heavy atom. The van der Waals surface area contributed by atoms with Crippen molar-refractivity contribution in [2.75, 3.05) is 13.7 Å². The first-order chi connectivity index (χ1) is 18.2. The van der Waals surface area contributed by atoms with Crippen LogP contribution in [0.5, 0.6) is 23.0 Å². The van der Waals surface area contributed by atoms with Crippen LogP contribution in [0.1, 0.15) is 19.8 Å². The molecule has 4 rings (SSSR count). The number of rotatable bonds is 8. The highest BCUT2D eigenvalue weighted by atomic mass is 16.7. The molecule has 2 aromatic carbocycles. The first-order valence-electron chi connectivity index (χ1n) is 11.9. The summed E-state index contributed by atoms with van der Waals surface area (Å²) in [5, 5.41) is 51.7. The minimum Gasteiger partial charge on any atom is -0.507 e. The van der Waals surface area contributed by atoms with Crippen molar-refractivity contribution in [3.63, 3.8) is 0 Å². The molecule has 5 N–H and O–H groups in total. The van der Waals surface area contributed by atoms with Crippen LogP contribution in [-0.2, 0) is 14.3 Å². The monoisotopic (exact) mass is 532 g/mol. The molecule has 204 valence electrons. The lowest BCUT2D eigenvalue weighted by Gasteiger charge is -2.39. The van der Waals surface area contributed by atoms with Crippen molar-refractivity contribution in [3.05, 3.63) is 46.6 Å². The van der Waals surface area contributed by atoms with Gasteiger partial charge in [-0.1, -0.05) is 13.3 Å². The quantitative estimate of drug-likeness (QED) is 0.208. The minimum atomic E-state index is -1.88. The Morgan fingerprint density at radius 2 is 1.71 bits per heavy atom. The van der Waals surface area contributed by atoms with Gasteiger partial charge >= 0.3 is 5.97 Å². The number of hydrogen-bond donors (Lipinski definition) is 5. The van der Waals surface area contributed by atoms with E-state index in [4.69, 9.17) is 23.4 Å². The predicted molar refractivity (Wildman–Crippen MR) is 131 cm³/mol. The first kappa shape index (κ1) is 27.2. The van der Waals surface area contributed by atoms with E-state index < -0.39 is 59.4 Å². The number of methoxy groups -OCH3 is 1. The van der Waals surface area contributed by atoms with Crippen LogP contribution in [0, 0.1) is 0 Å². The molecule has 0 saturated carbocycles. The lowest BCUT2D eigenvalue weighted by Crippen LogP contribution is -2.61. The number of benzene rings is 2. The average Bonchev–Trinajstić information content (AvgIpc) is 2.90. The first-order valence-corrected chi connectivity index (χ1v) is 11.9. The number of hydrogen-bond acceptors (Lipinski definition) is 12. The molecule has 0 spiro atoms. The van der Waals surface area contributed by atoms with Crippen LogP contribution in [0.25, 0.3) is 22.3 Å². The predicted octanol–water partition coefficient (Wildman–Crippen LogP) is 1.41. The van der Waals surface area contributed by atoms with E-state index in [1.165, 1.54) is 7.11 Å². The molecule has 1 aliphatic rings. The smallest absolute Gasteiger partial charge is 0.338 e. The van der Waals surface area contributed by atoms with E-state index in [0.29, 0.717) is 17.7 Å². The van der Waals surface area contributed by atoms with Crippen molar-refractivity contribution in [2.45, 2.75) is 50.5 Å². The van der Waals surface area contributed by atoms with E-state index in [-0.39, 0.29) is 23.3 Å². The molecule has 1 aromatic heterocycles. The van der Waals surface area contributed by atoms with Crippen molar-refractivity contribution in [2.24, 2.45) is 0 Å². The number of phenols is 2. The molecule has 38 heavy (non-hydrogen) atoms. The molecule has 0 aliphatic carbocycles. The van der Waals surface area contributed by atoms with Gasteiger partial charge in [-0.3, -0.25) is 4.79 Å². The molecule has 0 unspecified atom stereocenters. The molecule has 1 fully saturated rings. The molecular weight excluding hydrogens is 504 g/mol. The number of aromatic hydroxyl groups is 2. The Kier molecular flexibility index (Phi) is 8.07. The number of aliphatic hydroxyl groups excluding tert-OH is 3. The molecule has 2 heterocycles. The third-order valence-corrected chi connectivity index (χ3v) is 6.07. The summed E-state index contributed by atoms with van der Waals surface area (Å²) in [5.74, 6) is -2.18. The largest absolute Gasteiger partial charge is 0.507 e. The van der Waals surface area contributed by atoms with E-state index in [9.17, 15) is 35.1 Å². The molecular formula is C26H28O12. The summed E-state index contributed by atoms with van der Waals surface area (Å²) in [4.78, 5) is 25.3. The Hall–Kier alpha value is -3.84. The maximum Gasteiger partial charge on any atom is 0.338 e. The molecule has 0 radical (unpaired) electrons. The van der Waals surface area contributed by atoms with E-state index in [1.807, 2.05) is 6.92 Å². The van der Waals surface area contributed by atoms with Gasteiger partial charge in [0.2, 0.25) is 12.0 Å². The zero-order chi connectivity index (χ0) is 27.6. The third-order valence-electron chi connectivity index (χ3n) is 6.07. The van der Waals surface area contributed by atoms with Crippen molar-refractivity contribution in [1.82, 2.24) is 0 Å². The Balaban J connectivity index is 1.73. The maximum absolute atomic E-state index is 12.9. The fraction of sp³-hybridized carbons (Fsp3) is 0.385. The fourth-order valence-electron chi connectivity index (χ4n) is 3.95. The Bertz CT molecular complexity index is 1350. The van der Waals surface area contributed by atoms with Crippen LogP contribution in [0.15, 0.2) is 45.6 Å². The lowest BCUT2D eigenvalue weighted by molar-refractivity contribution is -0.272. The maximum atomic E-state index is 12.9. The standard InChI is InChI=1S/C26H28O12/c1-3-4-9-35-25(33)24-20(31)19(30)21(32)26(38-24)37-22-16(29)10-14(27)18-15(28)11-17(36-23(18)22)12-5-7-13(34-2)8-6-12/h5-8,10-11,19-21,24,26-27,29-32H,3-4,9H2,1-2H3/t19-,20-,21+,24-,26+/m1/s1. The summed E-state index contributed by atoms with van der Waals surface area (Å²) in [6.07, 6.45) is -7.83. The Morgan fingerprint density at radius 3 is 2.37 bits per heavy atom. The highest BCUT2D eigenvalue weighted by molar-refractivity contribution is 5.91. The second-order valence-corrected chi connectivity index (χ2v) is 8.69. The molecule has 1 saturated heterocycles. The fourth-order valence-corrected chi connectivity index (χ4v) is 3.95. The zero-order valence-electron chi connectivity index (χ0n) is 20.6. The van der Waals surface area contributed by atoms with Crippen molar-refractivity contribution >= 4 is 16.9 Å². The van der Waals surface area contributed by atoms with Gasteiger partial charge in [-0.2, -0.15) is 0 Å². The van der Waals surface area contributed by atoms with Gasteiger partial charge in [-0.25, -0.2) is 4.79 Å². The SMILES string of the molecule is CCCCOC(=O)[C@@H]1O[C@H](Oc2c(O)cc(O)c3c(=O)cc(-c4ccc(OC)cc4)oc23)[C@@H](O)[C@H](O)[C@H]1O. The van der Waals surface area contributed by atoms with E-state index in [2.05, 4.69) is 0 Å². The number of unbranched alkanes of at least 4 members (excludes halogenated alkanes) is 1. The number of carbonyl (C=O) groups excluding carboxylic acids is 1. The van der Waals surface area contributed by atoms with Crippen LogP contribution in [0.2, 0.25) is 0 Å². The van der Waals surface area contributed by atoms with Crippen LogP contribution < -0.4 is 14.9 Å². The summed E-state index contributed by atoms with van der Waals surface area (Å²) in [7, 11) is 1.49. The molecule has 3 aromatic rings. The number of carbonyl (C=O) groups is 1. The molecule has 0 amide bonds. The van der Waals surface area contributed by atoms with Crippen LogP contribution in [0.3, 0.4) is 0 Å². The van der Waals surface area contributed by atoms with E-state index in [1.54, 1.807) is 24.3 Å². The van der Waals surface area contributed by atoms with Crippen LogP contribution >= 0.6 is 0 Å².